The Morgan fingerprint density at radius 2 is 1.30 bits per heavy atom. The second-order valence-corrected chi connectivity index (χ2v) is 16.3. The van der Waals surface area contributed by atoms with E-state index in [1.807, 2.05) is 38.1 Å². The number of nitrogens with one attached hydrogen (secondary N) is 3. The topological polar surface area (TPSA) is 155 Å². The number of hydrogen-bond acceptors (Lipinski definition) is 8. The highest BCUT2D eigenvalue weighted by atomic mass is 16.6. The summed E-state index contributed by atoms with van der Waals surface area (Å²) in [5, 5.41) is 5.06. The number of alkyl carbamates (subject to hydrolysis) is 1. The van der Waals surface area contributed by atoms with Gasteiger partial charge in [0.15, 0.2) is 0 Å². The summed E-state index contributed by atoms with van der Waals surface area (Å²) in [6, 6.07) is 20.3. The van der Waals surface area contributed by atoms with Crippen LogP contribution in [0.15, 0.2) is 73.1 Å². The molecule has 3 aliphatic heterocycles. The Morgan fingerprint density at radius 1 is 0.754 bits per heavy atom. The molecule has 3 N–H and O–H groups in total. The van der Waals surface area contributed by atoms with E-state index in [2.05, 4.69) is 80.9 Å². The number of fused-ring (bicyclic) bond motifs is 1. The fourth-order valence-corrected chi connectivity index (χ4v) is 8.44. The summed E-state index contributed by atoms with van der Waals surface area (Å²) >= 11 is 0. The van der Waals surface area contributed by atoms with Crippen LogP contribution in [0.2, 0.25) is 0 Å². The van der Waals surface area contributed by atoms with Crippen molar-refractivity contribution in [2.75, 3.05) is 33.4 Å². The van der Waals surface area contributed by atoms with Crippen LogP contribution < -0.4 is 5.32 Å². The first-order valence-corrected chi connectivity index (χ1v) is 20.0. The molecule has 3 aromatic carbocycles. The molecule has 13 nitrogen and oxygen atoms in total. The molecule has 8 rings (SSSR count). The van der Waals surface area contributed by atoms with Crippen LogP contribution in [0.5, 0.6) is 0 Å². The van der Waals surface area contributed by atoms with Crippen molar-refractivity contribution in [1.29, 1.82) is 0 Å². The van der Waals surface area contributed by atoms with Crippen molar-refractivity contribution in [3.63, 3.8) is 0 Å². The molecule has 0 radical (unpaired) electrons. The Morgan fingerprint density at radius 3 is 1.93 bits per heavy atom. The zero-order chi connectivity index (χ0) is 39.7. The molecule has 2 aromatic heterocycles. The minimum atomic E-state index is -0.674. The van der Waals surface area contributed by atoms with Crippen LogP contribution in [-0.4, -0.2) is 92.9 Å². The van der Waals surface area contributed by atoms with Gasteiger partial charge < -0.3 is 34.4 Å². The zero-order valence-electron chi connectivity index (χ0n) is 33.0. The van der Waals surface area contributed by atoms with Crippen LogP contribution >= 0.6 is 0 Å². The lowest BCUT2D eigenvalue weighted by atomic mass is 9.90. The number of benzene rings is 3. The highest BCUT2D eigenvalue weighted by molar-refractivity contribution is 5.91. The number of nitrogens with zero attached hydrogens (tertiary/aromatic N) is 4. The molecule has 0 unspecified atom stereocenters. The van der Waals surface area contributed by atoms with Crippen LogP contribution in [0.3, 0.4) is 0 Å². The lowest BCUT2D eigenvalue weighted by molar-refractivity contribution is -0.136. The van der Waals surface area contributed by atoms with Crippen molar-refractivity contribution in [3.05, 3.63) is 84.7 Å². The van der Waals surface area contributed by atoms with E-state index < -0.39 is 17.7 Å². The van der Waals surface area contributed by atoms with Gasteiger partial charge in [-0.1, -0.05) is 48.5 Å². The maximum absolute atomic E-state index is 14.0. The molecule has 5 aromatic rings. The molecule has 298 valence electrons. The Bertz CT molecular complexity index is 2240. The number of imidazole rings is 2. The predicted molar refractivity (Wildman–Crippen MR) is 216 cm³/mol. The smallest absolute Gasteiger partial charge is 0.410 e. The largest absolute Gasteiger partial charge is 0.453 e. The molecule has 3 aliphatic rings. The van der Waals surface area contributed by atoms with Crippen molar-refractivity contribution < 1.29 is 28.6 Å². The Hall–Kier alpha value is -5.69. The van der Waals surface area contributed by atoms with Crippen molar-refractivity contribution >= 4 is 28.9 Å². The Kier molecular flexibility index (Phi) is 10.8. The molecular formula is C44H51N7O6. The number of amides is 3. The van der Waals surface area contributed by atoms with Gasteiger partial charge in [0.25, 0.3) is 0 Å². The molecule has 3 fully saturated rings. The average Bonchev–Trinajstić information content (AvgIpc) is 4.06. The van der Waals surface area contributed by atoms with Gasteiger partial charge in [0.2, 0.25) is 5.91 Å². The van der Waals surface area contributed by atoms with Gasteiger partial charge in [-0.25, -0.2) is 19.6 Å². The first kappa shape index (κ1) is 38.2. The fraction of sp³-hybridized carbons (Fsp3) is 0.432. The first-order valence-electron chi connectivity index (χ1n) is 20.0. The minimum Gasteiger partial charge on any atom is -0.453 e. The van der Waals surface area contributed by atoms with Gasteiger partial charge >= 0.3 is 12.2 Å². The molecule has 0 saturated carbocycles. The molecule has 3 amide bonds. The number of aromatic amines is 2. The first-order chi connectivity index (χ1) is 27.5. The van der Waals surface area contributed by atoms with E-state index in [0.717, 1.165) is 81.7 Å². The molecule has 13 heteroatoms. The van der Waals surface area contributed by atoms with Crippen LogP contribution in [0.25, 0.3) is 44.4 Å². The van der Waals surface area contributed by atoms with E-state index >= 15 is 0 Å². The normalized spacial score (nSPS) is 19.5. The van der Waals surface area contributed by atoms with Crippen molar-refractivity contribution in [2.24, 2.45) is 5.92 Å². The second-order valence-electron chi connectivity index (χ2n) is 16.3. The molecule has 0 spiro atoms. The number of carbonyl (C=O) groups is 3. The van der Waals surface area contributed by atoms with Gasteiger partial charge in [0.1, 0.15) is 23.3 Å². The summed E-state index contributed by atoms with van der Waals surface area (Å²) < 4.78 is 16.0. The van der Waals surface area contributed by atoms with Gasteiger partial charge in [0, 0.05) is 31.9 Å². The van der Waals surface area contributed by atoms with E-state index in [9.17, 15) is 14.4 Å². The fourth-order valence-electron chi connectivity index (χ4n) is 8.44. The second kappa shape index (κ2) is 16.0. The third-order valence-corrected chi connectivity index (χ3v) is 11.4. The molecule has 0 bridgehead atoms. The van der Waals surface area contributed by atoms with Gasteiger partial charge in [-0.05, 0) is 105 Å². The molecule has 0 aliphatic carbocycles. The summed E-state index contributed by atoms with van der Waals surface area (Å²) in [6.45, 7) is 8.04. The van der Waals surface area contributed by atoms with Crippen molar-refractivity contribution in [3.8, 4) is 33.6 Å². The van der Waals surface area contributed by atoms with Crippen molar-refractivity contribution in [1.82, 2.24) is 35.1 Å². The SMILES string of the molecule is COC(=O)N[C@H](C(=O)N1CCC[C@H]1c1ncc(-c2ccc(-c3ccc4cc(-c5cnc([C@@H]6CCCN6C(=O)OC(C)(C)C)[nH]5)ccc4c3)cc2)[nH]1)C1CCOCC1. The lowest BCUT2D eigenvalue weighted by Gasteiger charge is -2.34. The number of methoxy groups -OCH3 is 1. The van der Waals surface area contributed by atoms with E-state index in [4.69, 9.17) is 19.2 Å². The third kappa shape index (κ3) is 8.25. The quantitative estimate of drug-likeness (QED) is 0.143. The lowest BCUT2D eigenvalue weighted by Crippen LogP contribution is -2.53. The van der Waals surface area contributed by atoms with E-state index in [1.54, 1.807) is 4.90 Å². The minimum absolute atomic E-state index is 0.0178. The van der Waals surface area contributed by atoms with Crippen LogP contribution in [0.4, 0.5) is 9.59 Å². The molecule has 3 atom stereocenters. The Labute approximate surface area is 332 Å². The monoisotopic (exact) mass is 773 g/mol. The van der Waals surface area contributed by atoms with Crippen LogP contribution in [-0.2, 0) is 19.0 Å². The maximum atomic E-state index is 14.0. The number of H-pyrrole nitrogens is 2. The van der Waals surface area contributed by atoms with E-state index in [0.29, 0.717) is 39.1 Å². The molecule has 5 heterocycles. The number of carbonyl (C=O) groups excluding carboxylic acids is 3. The van der Waals surface area contributed by atoms with Crippen LogP contribution in [0, 0.1) is 5.92 Å². The summed E-state index contributed by atoms with van der Waals surface area (Å²) in [6.07, 6.45) is 7.56. The summed E-state index contributed by atoms with van der Waals surface area (Å²) in [5.41, 5.74) is 5.47. The molecule has 3 saturated heterocycles. The molecule has 57 heavy (non-hydrogen) atoms. The number of hydrogen-bond donors (Lipinski definition) is 3. The highest BCUT2D eigenvalue weighted by Crippen LogP contribution is 2.36. The number of aromatic nitrogens is 4. The van der Waals surface area contributed by atoms with Crippen molar-refractivity contribution in [2.45, 2.75) is 83.0 Å². The number of rotatable bonds is 8. The third-order valence-electron chi connectivity index (χ3n) is 11.4. The highest BCUT2D eigenvalue weighted by Gasteiger charge is 2.40. The predicted octanol–water partition coefficient (Wildman–Crippen LogP) is 8.17. The molecular weight excluding hydrogens is 723 g/mol. The summed E-state index contributed by atoms with van der Waals surface area (Å²) in [4.78, 5) is 59.1. The van der Waals surface area contributed by atoms with E-state index in [-0.39, 0.29) is 30.0 Å². The van der Waals surface area contributed by atoms with E-state index in [1.165, 1.54) is 7.11 Å². The van der Waals surface area contributed by atoms with Gasteiger partial charge in [-0.15, -0.1) is 0 Å². The number of ether oxygens (including phenoxy) is 3. The maximum Gasteiger partial charge on any atom is 0.410 e. The van der Waals surface area contributed by atoms with Gasteiger partial charge in [-0.2, -0.15) is 0 Å². The Balaban J connectivity index is 0.940. The van der Waals surface area contributed by atoms with Gasteiger partial charge in [-0.3, -0.25) is 9.69 Å². The number of likely N-dealkylation sites (tertiary alicyclic amines) is 2. The standard InChI is InChI=1S/C44H51N7O6/c1-44(2,3)57-43(54)51-20-6-8-37(51)40-46-26-35(48-40)33-16-15-31-23-30(13-14-32(31)24-33)27-9-11-28(12-10-27)34-25-45-39(47-34)36-7-5-19-50(36)41(52)38(49-42(53)55-4)29-17-21-56-22-18-29/h9-16,23-26,29,36-38H,5-8,17-22H2,1-4H3,(H,45,47)(H,46,48)(H,49,53)/t36-,37-,38-/m0/s1. The van der Waals surface area contributed by atoms with Gasteiger partial charge in [0.05, 0.1) is 43.0 Å². The summed E-state index contributed by atoms with van der Waals surface area (Å²) in [5.74, 6) is 1.39. The van der Waals surface area contributed by atoms with Crippen LogP contribution in [0.1, 0.15) is 83.0 Å². The summed E-state index contributed by atoms with van der Waals surface area (Å²) in [7, 11) is 1.31. The average molecular weight is 774 g/mol. The zero-order valence-corrected chi connectivity index (χ0v) is 33.0.